The Morgan fingerprint density at radius 3 is 3.00 bits per heavy atom. The van der Waals surface area contributed by atoms with Crippen LogP contribution in [0.3, 0.4) is 0 Å². The standard InChI is InChI=1S/C17H14ClN5S/c1-22-7-6-11-13(8-22)24-17-14(11)16-20-15(21-23(16)9-19-17)10-4-2-3-5-12(10)18/h2-5,9H,6-8H2,1H3. The molecule has 7 heteroatoms. The Morgan fingerprint density at radius 2 is 2.12 bits per heavy atom. The summed E-state index contributed by atoms with van der Waals surface area (Å²) in [5, 5.41) is 6.40. The molecule has 0 saturated carbocycles. The molecule has 1 aromatic carbocycles. The van der Waals surface area contributed by atoms with E-state index in [9.17, 15) is 0 Å². The summed E-state index contributed by atoms with van der Waals surface area (Å²) in [5.41, 5.74) is 3.10. The molecule has 0 fully saturated rings. The first-order valence-electron chi connectivity index (χ1n) is 7.80. The lowest BCUT2D eigenvalue weighted by atomic mass is 10.1. The molecule has 1 aliphatic heterocycles. The van der Waals surface area contributed by atoms with Crippen LogP contribution < -0.4 is 0 Å². The monoisotopic (exact) mass is 355 g/mol. The summed E-state index contributed by atoms with van der Waals surface area (Å²) in [6.07, 6.45) is 2.78. The van der Waals surface area contributed by atoms with E-state index in [0.29, 0.717) is 10.8 Å². The fraction of sp³-hybridized carbons (Fsp3) is 0.235. The van der Waals surface area contributed by atoms with Crippen molar-refractivity contribution in [1.29, 1.82) is 0 Å². The van der Waals surface area contributed by atoms with Gasteiger partial charge in [0.15, 0.2) is 11.5 Å². The van der Waals surface area contributed by atoms with Crippen molar-refractivity contribution in [2.75, 3.05) is 13.6 Å². The van der Waals surface area contributed by atoms with Gasteiger partial charge in [-0.05, 0) is 31.2 Å². The van der Waals surface area contributed by atoms with Gasteiger partial charge in [-0.2, -0.15) is 0 Å². The number of thiophene rings is 1. The van der Waals surface area contributed by atoms with Crippen molar-refractivity contribution in [1.82, 2.24) is 24.5 Å². The maximum atomic E-state index is 6.31. The van der Waals surface area contributed by atoms with Crippen LogP contribution in [0.5, 0.6) is 0 Å². The van der Waals surface area contributed by atoms with Crippen LogP contribution in [-0.4, -0.2) is 38.1 Å². The Balaban J connectivity index is 1.78. The summed E-state index contributed by atoms with van der Waals surface area (Å²) >= 11 is 8.07. The van der Waals surface area contributed by atoms with Crippen LogP contribution in [0.2, 0.25) is 5.02 Å². The molecule has 0 aliphatic carbocycles. The number of nitrogens with zero attached hydrogens (tertiary/aromatic N) is 5. The predicted molar refractivity (Wildman–Crippen MR) is 96.6 cm³/mol. The highest BCUT2D eigenvalue weighted by molar-refractivity contribution is 7.19. The van der Waals surface area contributed by atoms with Crippen molar-refractivity contribution in [3.63, 3.8) is 0 Å². The summed E-state index contributed by atoms with van der Waals surface area (Å²) in [6, 6.07) is 7.66. The minimum atomic E-state index is 0.641. The Morgan fingerprint density at radius 1 is 1.25 bits per heavy atom. The number of aromatic nitrogens is 4. The number of likely N-dealkylation sites (N-methyl/N-ethyl adjacent to an activating group) is 1. The SMILES string of the molecule is CN1CCc2c(sc3ncn4nc(-c5ccccc5Cl)nc4c23)C1. The molecule has 0 atom stereocenters. The topological polar surface area (TPSA) is 46.3 Å². The lowest BCUT2D eigenvalue weighted by Gasteiger charge is -2.21. The Bertz CT molecular complexity index is 1080. The smallest absolute Gasteiger partial charge is 0.183 e. The van der Waals surface area contributed by atoms with Crippen molar-refractivity contribution in [2.24, 2.45) is 0 Å². The Kier molecular flexibility index (Phi) is 3.13. The molecule has 0 N–H and O–H groups in total. The minimum Gasteiger partial charge on any atom is -0.301 e. The van der Waals surface area contributed by atoms with Crippen molar-refractivity contribution in [3.8, 4) is 11.4 Å². The van der Waals surface area contributed by atoms with Gasteiger partial charge in [0, 0.05) is 23.5 Å². The van der Waals surface area contributed by atoms with E-state index in [1.165, 1.54) is 10.4 Å². The average Bonchev–Trinajstić information content (AvgIpc) is 3.14. The molecule has 0 amide bonds. The van der Waals surface area contributed by atoms with Crippen LogP contribution >= 0.6 is 22.9 Å². The van der Waals surface area contributed by atoms with Crippen LogP contribution in [0.1, 0.15) is 10.4 Å². The minimum absolute atomic E-state index is 0.641. The molecular weight excluding hydrogens is 342 g/mol. The number of rotatable bonds is 1. The predicted octanol–water partition coefficient (Wildman–Crippen LogP) is 3.65. The van der Waals surface area contributed by atoms with E-state index < -0.39 is 0 Å². The first-order valence-corrected chi connectivity index (χ1v) is 8.99. The van der Waals surface area contributed by atoms with E-state index in [-0.39, 0.29) is 0 Å². The fourth-order valence-electron chi connectivity index (χ4n) is 3.28. The summed E-state index contributed by atoms with van der Waals surface area (Å²) in [5.74, 6) is 0.641. The highest BCUT2D eigenvalue weighted by atomic mass is 35.5. The summed E-state index contributed by atoms with van der Waals surface area (Å²) in [6.45, 7) is 2.04. The maximum Gasteiger partial charge on any atom is 0.183 e. The molecule has 4 aromatic rings. The van der Waals surface area contributed by atoms with E-state index in [1.807, 2.05) is 24.3 Å². The zero-order valence-corrected chi connectivity index (χ0v) is 14.6. The molecule has 24 heavy (non-hydrogen) atoms. The van der Waals surface area contributed by atoms with E-state index in [0.717, 1.165) is 40.9 Å². The van der Waals surface area contributed by atoms with Gasteiger partial charge in [-0.1, -0.05) is 23.7 Å². The van der Waals surface area contributed by atoms with Gasteiger partial charge in [0.2, 0.25) is 0 Å². The van der Waals surface area contributed by atoms with Gasteiger partial charge in [-0.15, -0.1) is 16.4 Å². The summed E-state index contributed by atoms with van der Waals surface area (Å²) in [7, 11) is 2.16. The second-order valence-electron chi connectivity index (χ2n) is 6.10. The lowest BCUT2D eigenvalue weighted by molar-refractivity contribution is 0.318. The summed E-state index contributed by atoms with van der Waals surface area (Å²) in [4.78, 5) is 14.2. The highest BCUT2D eigenvalue weighted by Gasteiger charge is 2.23. The number of hydrogen-bond acceptors (Lipinski definition) is 5. The normalized spacial score (nSPS) is 15.2. The van der Waals surface area contributed by atoms with Crippen molar-refractivity contribution >= 4 is 38.8 Å². The average molecular weight is 356 g/mol. The van der Waals surface area contributed by atoms with E-state index >= 15 is 0 Å². The molecule has 5 rings (SSSR count). The van der Waals surface area contributed by atoms with Crippen molar-refractivity contribution in [3.05, 3.63) is 46.1 Å². The van der Waals surface area contributed by atoms with Crippen LogP contribution in [0, 0.1) is 0 Å². The lowest BCUT2D eigenvalue weighted by Crippen LogP contribution is -2.25. The number of fused-ring (bicyclic) bond motifs is 5. The largest absolute Gasteiger partial charge is 0.301 e. The molecule has 5 nitrogen and oxygen atoms in total. The van der Waals surface area contributed by atoms with Crippen LogP contribution in [-0.2, 0) is 13.0 Å². The molecule has 0 unspecified atom stereocenters. The van der Waals surface area contributed by atoms with Gasteiger partial charge >= 0.3 is 0 Å². The van der Waals surface area contributed by atoms with Crippen LogP contribution in [0.25, 0.3) is 27.3 Å². The maximum absolute atomic E-state index is 6.31. The van der Waals surface area contributed by atoms with E-state index in [4.69, 9.17) is 16.6 Å². The first-order chi connectivity index (χ1) is 11.7. The van der Waals surface area contributed by atoms with Gasteiger partial charge in [-0.25, -0.2) is 14.5 Å². The molecule has 120 valence electrons. The molecule has 3 aromatic heterocycles. The molecule has 0 radical (unpaired) electrons. The Labute approximate surface area is 147 Å². The quantitative estimate of drug-likeness (QED) is 0.523. The van der Waals surface area contributed by atoms with Gasteiger partial charge in [-0.3, -0.25) is 0 Å². The van der Waals surface area contributed by atoms with Gasteiger partial charge in [0.05, 0.1) is 10.4 Å². The molecule has 0 saturated heterocycles. The van der Waals surface area contributed by atoms with Crippen LogP contribution in [0.15, 0.2) is 30.6 Å². The fourth-order valence-corrected chi connectivity index (χ4v) is 4.76. The molecule has 0 bridgehead atoms. The van der Waals surface area contributed by atoms with Gasteiger partial charge in [0.1, 0.15) is 11.2 Å². The number of hydrogen-bond donors (Lipinski definition) is 0. The third-order valence-electron chi connectivity index (χ3n) is 4.48. The molecule has 1 aliphatic rings. The van der Waals surface area contributed by atoms with Crippen LogP contribution in [0.4, 0.5) is 0 Å². The number of halogens is 1. The molecule has 4 heterocycles. The van der Waals surface area contributed by atoms with Crippen molar-refractivity contribution in [2.45, 2.75) is 13.0 Å². The van der Waals surface area contributed by atoms with E-state index in [1.54, 1.807) is 22.2 Å². The zero-order chi connectivity index (χ0) is 16.3. The van der Waals surface area contributed by atoms with Gasteiger partial charge in [0.25, 0.3) is 0 Å². The second kappa shape index (κ2) is 5.24. The summed E-state index contributed by atoms with van der Waals surface area (Å²) < 4.78 is 1.77. The van der Waals surface area contributed by atoms with E-state index in [2.05, 4.69) is 22.0 Å². The third-order valence-corrected chi connectivity index (χ3v) is 5.94. The second-order valence-corrected chi connectivity index (χ2v) is 7.59. The highest BCUT2D eigenvalue weighted by Crippen LogP contribution is 2.36. The zero-order valence-electron chi connectivity index (χ0n) is 13.0. The van der Waals surface area contributed by atoms with Gasteiger partial charge < -0.3 is 4.90 Å². The van der Waals surface area contributed by atoms with Crippen molar-refractivity contribution < 1.29 is 0 Å². The Hall–Kier alpha value is -2.02. The first kappa shape index (κ1) is 14.3. The third kappa shape index (κ3) is 2.07. The number of benzene rings is 1. The molecular formula is C17H14ClN5S. The molecule has 0 spiro atoms.